The van der Waals surface area contributed by atoms with Crippen LogP contribution < -0.4 is 20.7 Å². The third kappa shape index (κ3) is 4.90. The summed E-state index contributed by atoms with van der Waals surface area (Å²) in [6, 6.07) is 38.9. The number of benzene rings is 4. The van der Waals surface area contributed by atoms with E-state index in [1.165, 1.54) is 26.4 Å². The summed E-state index contributed by atoms with van der Waals surface area (Å²) in [5, 5.41) is 3.98. The Morgan fingerprint density at radius 2 is 1.22 bits per heavy atom. The Hall–Kier alpha value is -2.61. The minimum Gasteiger partial charge on any atom is -0.491 e. The maximum Gasteiger partial charge on any atom is 0.123 e. The largest absolute Gasteiger partial charge is 0.491 e. The van der Waals surface area contributed by atoms with Gasteiger partial charge in [0, 0.05) is 4.90 Å². The van der Waals surface area contributed by atoms with Gasteiger partial charge in [0.1, 0.15) is 42.2 Å². The Bertz CT molecular complexity index is 1060. The second-order valence-corrected chi connectivity index (χ2v) is 11.9. The first kappa shape index (κ1) is 22.6. The van der Waals surface area contributed by atoms with E-state index in [2.05, 4.69) is 103 Å². The molecule has 0 heterocycles. The lowest BCUT2D eigenvalue weighted by Crippen LogP contribution is -2.32. The standard InChI is InChI=1S/C28H27FOPS/c1-32-28-18-12-23(13-19-28)22-31(25-8-4-2-5-9-25,26-10-6-3-7-11-26)27-16-14-24(15-17-27)30-21-20-29/h2-19H,20-22H2,1H3/q+1. The lowest BCUT2D eigenvalue weighted by atomic mass is 10.2. The van der Waals surface area contributed by atoms with Crippen molar-refractivity contribution >= 4 is 34.9 Å². The molecule has 4 aromatic rings. The van der Waals surface area contributed by atoms with Crippen LogP contribution in [0.1, 0.15) is 5.56 Å². The third-order valence-electron chi connectivity index (χ3n) is 5.60. The Morgan fingerprint density at radius 3 is 1.72 bits per heavy atom. The molecule has 0 bridgehead atoms. The van der Waals surface area contributed by atoms with E-state index in [1.807, 2.05) is 12.1 Å². The highest BCUT2D eigenvalue weighted by Crippen LogP contribution is 2.58. The summed E-state index contributed by atoms with van der Waals surface area (Å²) in [5.74, 6) is 0.704. The van der Waals surface area contributed by atoms with Crippen molar-refractivity contribution in [3.8, 4) is 5.75 Å². The molecule has 0 unspecified atom stereocenters. The van der Waals surface area contributed by atoms with E-state index in [4.69, 9.17) is 4.74 Å². The van der Waals surface area contributed by atoms with Gasteiger partial charge in [-0.1, -0.05) is 48.5 Å². The van der Waals surface area contributed by atoms with Gasteiger partial charge >= 0.3 is 0 Å². The third-order valence-corrected chi connectivity index (χ3v) is 10.7. The molecule has 0 aliphatic rings. The van der Waals surface area contributed by atoms with Crippen LogP contribution in [0, 0.1) is 0 Å². The van der Waals surface area contributed by atoms with Crippen molar-refractivity contribution in [3.05, 3.63) is 115 Å². The van der Waals surface area contributed by atoms with E-state index in [0.29, 0.717) is 5.75 Å². The predicted octanol–water partition coefficient (Wildman–Crippen LogP) is 6.25. The number of rotatable bonds is 9. The molecule has 0 fully saturated rings. The summed E-state index contributed by atoms with van der Waals surface area (Å²) < 4.78 is 18.1. The Morgan fingerprint density at radius 1 is 0.688 bits per heavy atom. The molecule has 4 heteroatoms. The van der Waals surface area contributed by atoms with Crippen LogP contribution in [-0.4, -0.2) is 19.5 Å². The first-order valence-corrected chi connectivity index (χ1v) is 13.9. The van der Waals surface area contributed by atoms with Crippen molar-refractivity contribution in [2.45, 2.75) is 11.1 Å². The van der Waals surface area contributed by atoms with Crippen LogP contribution in [0.5, 0.6) is 5.75 Å². The molecular formula is C28H27FOPS+. The molecule has 0 saturated carbocycles. The SMILES string of the molecule is CSc1ccc(C[P+](c2ccccc2)(c2ccccc2)c2ccc(OCCF)cc2)cc1. The molecule has 0 N–H and O–H groups in total. The molecule has 4 rings (SSSR count). The summed E-state index contributed by atoms with van der Waals surface area (Å²) >= 11 is 1.76. The van der Waals surface area contributed by atoms with E-state index in [0.717, 1.165) is 6.16 Å². The zero-order valence-electron chi connectivity index (χ0n) is 18.2. The fraction of sp³-hybridized carbons (Fsp3) is 0.143. The smallest absolute Gasteiger partial charge is 0.123 e. The first-order valence-electron chi connectivity index (χ1n) is 10.7. The molecule has 32 heavy (non-hydrogen) atoms. The van der Waals surface area contributed by atoms with Gasteiger partial charge in [0.15, 0.2) is 0 Å². The Labute approximate surface area is 195 Å². The molecule has 4 aromatic carbocycles. The molecule has 0 radical (unpaired) electrons. The summed E-state index contributed by atoms with van der Waals surface area (Å²) in [7, 11) is -1.98. The molecule has 0 aliphatic heterocycles. The summed E-state index contributed by atoms with van der Waals surface area (Å²) in [4.78, 5) is 1.27. The van der Waals surface area contributed by atoms with Gasteiger partial charge in [-0.25, -0.2) is 4.39 Å². The highest BCUT2D eigenvalue weighted by atomic mass is 32.2. The van der Waals surface area contributed by atoms with Crippen LogP contribution in [0.25, 0.3) is 0 Å². The molecular weight excluding hydrogens is 434 g/mol. The Balaban J connectivity index is 1.88. The van der Waals surface area contributed by atoms with E-state index >= 15 is 0 Å². The first-order chi connectivity index (χ1) is 15.8. The van der Waals surface area contributed by atoms with Crippen molar-refractivity contribution in [2.24, 2.45) is 0 Å². The van der Waals surface area contributed by atoms with Gasteiger partial charge in [-0.3, -0.25) is 0 Å². The Kier molecular flexibility index (Phi) is 7.63. The maximum absolute atomic E-state index is 12.6. The van der Waals surface area contributed by atoms with E-state index < -0.39 is 13.9 Å². The maximum atomic E-state index is 12.6. The van der Waals surface area contributed by atoms with Crippen LogP contribution in [0.15, 0.2) is 114 Å². The highest BCUT2D eigenvalue weighted by molar-refractivity contribution is 7.98. The summed E-state index contributed by atoms with van der Waals surface area (Å²) in [6.45, 7) is -0.405. The number of hydrogen-bond donors (Lipinski definition) is 0. The monoisotopic (exact) mass is 461 g/mol. The van der Waals surface area contributed by atoms with E-state index in [9.17, 15) is 4.39 Å². The van der Waals surface area contributed by atoms with Crippen LogP contribution in [0.3, 0.4) is 0 Å². The average molecular weight is 462 g/mol. The zero-order chi connectivity index (χ0) is 22.2. The van der Waals surface area contributed by atoms with Gasteiger partial charge < -0.3 is 4.74 Å². The fourth-order valence-corrected chi connectivity index (χ4v) is 8.67. The lowest BCUT2D eigenvalue weighted by molar-refractivity contribution is 0.273. The van der Waals surface area contributed by atoms with Crippen molar-refractivity contribution in [2.75, 3.05) is 19.5 Å². The second kappa shape index (κ2) is 10.8. The number of thioether (sulfide) groups is 1. The van der Waals surface area contributed by atoms with Crippen LogP contribution in [0.4, 0.5) is 4.39 Å². The van der Waals surface area contributed by atoms with Gasteiger partial charge in [-0.2, -0.15) is 0 Å². The van der Waals surface area contributed by atoms with Crippen LogP contribution >= 0.6 is 19.0 Å². The molecule has 162 valence electrons. The highest BCUT2D eigenvalue weighted by Gasteiger charge is 2.45. The van der Waals surface area contributed by atoms with Gasteiger partial charge in [-0.05, 0) is 72.5 Å². The van der Waals surface area contributed by atoms with Gasteiger partial charge in [0.05, 0.1) is 6.16 Å². The minimum absolute atomic E-state index is 0.0821. The zero-order valence-corrected chi connectivity index (χ0v) is 19.9. The number of hydrogen-bond acceptors (Lipinski definition) is 2. The lowest BCUT2D eigenvalue weighted by Gasteiger charge is -2.28. The molecule has 0 spiro atoms. The number of ether oxygens (including phenoxy) is 1. The van der Waals surface area contributed by atoms with Crippen molar-refractivity contribution < 1.29 is 9.13 Å². The molecule has 0 aromatic heterocycles. The normalized spacial score (nSPS) is 11.3. The van der Waals surface area contributed by atoms with Crippen molar-refractivity contribution in [3.63, 3.8) is 0 Å². The molecule has 0 aliphatic carbocycles. The van der Waals surface area contributed by atoms with Crippen LogP contribution in [-0.2, 0) is 6.16 Å². The quantitative estimate of drug-likeness (QED) is 0.215. The summed E-state index contributed by atoms with van der Waals surface area (Å²) in [6.07, 6.45) is 3.03. The molecule has 0 amide bonds. The molecule has 1 nitrogen and oxygen atoms in total. The second-order valence-electron chi connectivity index (χ2n) is 7.52. The number of alkyl halides is 1. The minimum atomic E-state index is -1.98. The van der Waals surface area contributed by atoms with Gasteiger partial charge in [-0.15, -0.1) is 11.8 Å². The van der Waals surface area contributed by atoms with E-state index in [1.54, 1.807) is 11.8 Å². The van der Waals surface area contributed by atoms with Crippen LogP contribution in [0.2, 0.25) is 0 Å². The topological polar surface area (TPSA) is 9.23 Å². The van der Waals surface area contributed by atoms with Crippen molar-refractivity contribution in [1.82, 2.24) is 0 Å². The molecule has 0 saturated heterocycles. The summed E-state index contributed by atoms with van der Waals surface area (Å²) in [5.41, 5.74) is 1.32. The predicted molar refractivity (Wildman–Crippen MR) is 139 cm³/mol. The van der Waals surface area contributed by atoms with Crippen molar-refractivity contribution in [1.29, 1.82) is 0 Å². The van der Waals surface area contributed by atoms with Gasteiger partial charge in [0.2, 0.25) is 0 Å². The number of halogens is 1. The van der Waals surface area contributed by atoms with E-state index in [-0.39, 0.29) is 6.61 Å². The average Bonchev–Trinajstić information content (AvgIpc) is 2.88. The fourth-order valence-electron chi connectivity index (χ4n) is 4.04. The van der Waals surface area contributed by atoms with Gasteiger partial charge in [0.25, 0.3) is 0 Å². The molecule has 0 atom stereocenters.